The maximum atomic E-state index is 7.20. The summed E-state index contributed by atoms with van der Waals surface area (Å²) < 4.78 is 5.08. The minimum absolute atomic E-state index is 0.239. The van der Waals surface area contributed by atoms with Crippen LogP contribution in [0, 0.1) is 5.41 Å². The highest BCUT2D eigenvalue weighted by molar-refractivity contribution is 8.00. The summed E-state index contributed by atoms with van der Waals surface area (Å²) in [5.41, 5.74) is 5.34. The van der Waals surface area contributed by atoms with Crippen molar-refractivity contribution in [2.24, 2.45) is 5.73 Å². The third-order valence-corrected chi connectivity index (χ3v) is 3.02. The fraction of sp³-hybridized carbons (Fsp3) is 0.364. The molecule has 0 bridgehead atoms. The van der Waals surface area contributed by atoms with E-state index in [4.69, 9.17) is 15.9 Å². The molecule has 1 atom stereocenters. The Balaban J connectivity index is 2.53. The first-order chi connectivity index (χ1) is 7.11. The molecule has 0 saturated heterocycles. The molecule has 0 aliphatic rings. The monoisotopic (exact) mass is 224 g/mol. The highest BCUT2D eigenvalue weighted by Gasteiger charge is 2.05. The number of amidine groups is 1. The summed E-state index contributed by atoms with van der Waals surface area (Å²) in [7, 11) is 1.65. The Morgan fingerprint density at radius 1 is 1.47 bits per heavy atom. The molecule has 0 heterocycles. The van der Waals surface area contributed by atoms with Crippen molar-refractivity contribution >= 4 is 17.6 Å². The summed E-state index contributed by atoms with van der Waals surface area (Å²) >= 11 is 1.71. The van der Waals surface area contributed by atoms with Gasteiger partial charge in [0.2, 0.25) is 0 Å². The lowest BCUT2D eigenvalue weighted by Crippen LogP contribution is -2.14. The summed E-state index contributed by atoms with van der Waals surface area (Å²) in [6.45, 7) is 2.07. The zero-order valence-corrected chi connectivity index (χ0v) is 9.80. The molecular formula is C11H16N2OS. The Morgan fingerprint density at radius 3 is 2.53 bits per heavy atom. The summed E-state index contributed by atoms with van der Waals surface area (Å²) in [6, 6.07) is 7.89. The lowest BCUT2D eigenvalue weighted by molar-refractivity contribution is 0.414. The molecule has 1 aromatic carbocycles. The third kappa shape index (κ3) is 4.25. The SMILES string of the molecule is COc1ccc(SC(C)CC(=N)N)cc1. The molecule has 0 aromatic heterocycles. The van der Waals surface area contributed by atoms with Crippen LogP contribution < -0.4 is 10.5 Å². The Morgan fingerprint density at radius 2 is 2.07 bits per heavy atom. The molecular weight excluding hydrogens is 208 g/mol. The van der Waals surface area contributed by atoms with Crippen LogP contribution in [-0.2, 0) is 0 Å². The van der Waals surface area contributed by atoms with Gasteiger partial charge in [-0.1, -0.05) is 6.92 Å². The van der Waals surface area contributed by atoms with Gasteiger partial charge in [-0.05, 0) is 24.3 Å². The average molecular weight is 224 g/mol. The van der Waals surface area contributed by atoms with Gasteiger partial charge in [-0.3, -0.25) is 5.41 Å². The first-order valence-electron chi connectivity index (χ1n) is 4.75. The van der Waals surface area contributed by atoms with Gasteiger partial charge in [0, 0.05) is 16.6 Å². The Labute approximate surface area is 94.5 Å². The minimum atomic E-state index is 0.239. The Kier molecular flexibility index (Phi) is 4.49. The molecule has 0 amide bonds. The van der Waals surface area contributed by atoms with Crippen LogP contribution in [0.4, 0.5) is 0 Å². The number of thioether (sulfide) groups is 1. The topological polar surface area (TPSA) is 59.1 Å². The molecule has 3 N–H and O–H groups in total. The Hall–Kier alpha value is -1.16. The van der Waals surface area contributed by atoms with Gasteiger partial charge < -0.3 is 10.5 Å². The molecule has 1 aromatic rings. The maximum Gasteiger partial charge on any atom is 0.118 e. The van der Waals surface area contributed by atoms with Gasteiger partial charge >= 0.3 is 0 Å². The first-order valence-corrected chi connectivity index (χ1v) is 5.63. The van der Waals surface area contributed by atoms with E-state index >= 15 is 0 Å². The van der Waals surface area contributed by atoms with Crippen LogP contribution in [0.1, 0.15) is 13.3 Å². The number of rotatable bonds is 5. The number of methoxy groups -OCH3 is 1. The second-order valence-corrected chi connectivity index (χ2v) is 4.85. The summed E-state index contributed by atoms with van der Waals surface area (Å²) in [4.78, 5) is 1.17. The van der Waals surface area contributed by atoms with Crippen LogP contribution in [0.2, 0.25) is 0 Å². The van der Waals surface area contributed by atoms with Gasteiger partial charge in [0.25, 0.3) is 0 Å². The molecule has 0 spiro atoms. The van der Waals surface area contributed by atoms with E-state index in [2.05, 4.69) is 6.92 Å². The minimum Gasteiger partial charge on any atom is -0.497 e. The van der Waals surface area contributed by atoms with Crippen molar-refractivity contribution in [3.05, 3.63) is 24.3 Å². The standard InChI is InChI=1S/C11H16N2OS/c1-8(7-11(12)13)15-10-5-3-9(14-2)4-6-10/h3-6,8H,7H2,1-2H3,(H3,12,13). The van der Waals surface area contributed by atoms with Crippen molar-refractivity contribution < 1.29 is 4.74 Å². The predicted molar refractivity (Wildman–Crippen MR) is 64.8 cm³/mol. The van der Waals surface area contributed by atoms with Crippen LogP contribution in [0.5, 0.6) is 5.75 Å². The van der Waals surface area contributed by atoms with E-state index < -0.39 is 0 Å². The van der Waals surface area contributed by atoms with Crippen molar-refractivity contribution in [2.75, 3.05) is 7.11 Å². The molecule has 4 heteroatoms. The Bertz CT molecular complexity index is 324. The zero-order valence-electron chi connectivity index (χ0n) is 8.99. The van der Waals surface area contributed by atoms with Gasteiger partial charge in [-0.2, -0.15) is 0 Å². The van der Waals surface area contributed by atoms with E-state index in [0.717, 1.165) is 5.75 Å². The number of nitrogens with two attached hydrogens (primary N) is 1. The molecule has 1 rings (SSSR count). The summed E-state index contributed by atoms with van der Waals surface area (Å²) in [5.74, 6) is 1.10. The van der Waals surface area contributed by atoms with Crippen molar-refractivity contribution in [1.82, 2.24) is 0 Å². The molecule has 0 radical (unpaired) electrons. The van der Waals surface area contributed by atoms with Crippen LogP contribution >= 0.6 is 11.8 Å². The lowest BCUT2D eigenvalue weighted by Gasteiger charge is -2.10. The first kappa shape index (κ1) is 11.9. The lowest BCUT2D eigenvalue weighted by atomic mass is 10.3. The smallest absolute Gasteiger partial charge is 0.118 e. The van der Waals surface area contributed by atoms with E-state index in [1.165, 1.54) is 4.90 Å². The number of benzene rings is 1. The molecule has 0 aliphatic heterocycles. The van der Waals surface area contributed by atoms with Crippen molar-refractivity contribution in [3.8, 4) is 5.75 Å². The number of hydrogen-bond donors (Lipinski definition) is 2. The number of nitrogens with one attached hydrogen (secondary N) is 1. The largest absolute Gasteiger partial charge is 0.497 e. The van der Waals surface area contributed by atoms with Gasteiger partial charge in [0.15, 0.2) is 0 Å². The zero-order chi connectivity index (χ0) is 11.3. The number of ether oxygens (including phenoxy) is 1. The molecule has 82 valence electrons. The molecule has 0 fully saturated rings. The van der Waals surface area contributed by atoms with E-state index in [1.807, 2.05) is 24.3 Å². The van der Waals surface area contributed by atoms with Crippen LogP contribution in [0.3, 0.4) is 0 Å². The van der Waals surface area contributed by atoms with Crippen molar-refractivity contribution in [2.45, 2.75) is 23.5 Å². The van der Waals surface area contributed by atoms with E-state index in [1.54, 1.807) is 18.9 Å². The van der Waals surface area contributed by atoms with E-state index in [9.17, 15) is 0 Å². The summed E-state index contributed by atoms with van der Waals surface area (Å²) in [6.07, 6.45) is 0.622. The molecule has 0 aliphatic carbocycles. The van der Waals surface area contributed by atoms with Gasteiger partial charge in [-0.15, -0.1) is 11.8 Å². The second kappa shape index (κ2) is 5.66. The van der Waals surface area contributed by atoms with Gasteiger partial charge in [-0.25, -0.2) is 0 Å². The third-order valence-electron chi connectivity index (χ3n) is 1.90. The molecule has 1 unspecified atom stereocenters. The molecule has 0 saturated carbocycles. The van der Waals surface area contributed by atoms with Gasteiger partial charge in [0.1, 0.15) is 5.75 Å². The van der Waals surface area contributed by atoms with Crippen molar-refractivity contribution in [3.63, 3.8) is 0 Å². The van der Waals surface area contributed by atoms with Crippen LogP contribution in [0.15, 0.2) is 29.2 Å². The quantitative estimate of drug-likeness (QED) is 0.459. The normalized spacial score (nSPS) is 12.1. The average Bonchev–Trinajstić information content (AvgIpc) is 2.17. The predicted octanol–water partition coefficient (Wildman–Crippen LogP) is 2.50. The highest BCUT2D eigenvalue weighted by Crippen LogP contribution is 2.26. The van der Waals surface area contributed by atoms with Crippen LogP contribution in [0.25, 0.3) is 0 Å². The molecule has 15 heavy (non-hydrogen) atoms. The maximum absolute atomic E-state index is 7.20. The fourth-order valence-electron chi connectivity index (χ4n) is 1.24. The van der Waals surface area contributed by atoms with Crippen molar-refractivity contribution in [1.29, 1.82) is 5.41 Å². The second-order valence-electron chi connectivity index (χ2n) is 3.33. The van der Waals surface area contributed by atoms with E-state index in [-0.39, 0.29) is 5.84 Å². The van der Waals surface area contributed by atoms with Crippen LogP contribution in [-0.4, -0.2) is 18.2 Å². The van der Waals surface area contributed by atoms with Gasteiger partial charge in [0.05, 0.1) is 12.9 Å². The summed E-state index contributed by atoms with van der Waals surface area (Å²) in [5, 5.41) is 7.53. The van der Waals surface area contributed by atoms with E-state index in [0.29, 0.717) is 11.7 Å². The fourth-order valence-corrected chi connectivity index (χ4v) is 2.26. The molecule has 3 nitrogen and oxygen atoms in total. The number of hydrogen-bond acceptors (Lipinski definition) is 3. The highest BCUT2D eigenvalue weighted by atomic mass is 32.2.